The molecule has 0 aliphatic heterocycles. The molecule has 4 nitrogen and oxygen atoms in total. The smallest absolute Gasteiger partial charge is 0.129 e. The van der Waals surface area contributed by atoms with Crippen molar-refractivity contribution in [1.29, 1.82) is 0 Å². The Bertz CT molecular complexity index is 484. The van der Waals surface area contributed by atoms with Crippen LogP contribution in [0.4, 0.5) is 5.82 Å². The third-order valence-corrected chi connectivity index (χ3v) is 2.87. The summed E-state index contributed by atoms with van der Waals surface area (Å²) in [5.74, 6) is 0.970. The van der Waals surface area contributed by atoms with Crippen molar-refractivity contribution in [3.8, 4) is 0 Å². The van der Waals surface area contributed by atoms with Gasteiger partial charge in [0, 0.05) is 38.2 Å². The second kappa shape index (κ2) is 6.12. The van der Waals surface area contributed by atoms with E-state index in [1.807, 2.05) is 42.9 Å². The van der Waals surface area contributed by atoms with Crippen molar-refractivity contribution in [2.75, 3.05) is 11.4 Å². The topological polar surface area (TPSA) is 55.0 Å². The summed E-state index contributed by atoms with van der Waals surface area (Å²) in [5.41, 5.74) is 7.99. The molecule has 0 saturated carbocycles. The molecule has 94 valence electrons. The Labute approximate surface area is 107 Å². The van der Waals surface area contributed by atoms with Crippen molar-refractivity contribution < 1.29 is 0 Å². The quantitative estimate of drug-likeness (QED) is 0.870. The first kappa shape index (κ1) is 12.5. The Morgan fingerprint density at radius 3 is 2.50 bits per heavy atom. The number of hydrogen-bond acceptors (Lipinski definition) is 4. The molecule has 4 heteroatoms. The zero-order valence-corrected chi connectivity index (χ0v) is 10.6. The van der Waals surface area contributed by atoms with Crippen LogP contribution in [0.5, 0.6) is 0 Å². The van der Waals surface area contributed by atoms with Crippen LogP contribution in [0.25, 0.3) is 0 Å². The largest absolute Gasteiger partial charge is 0.353 e. The second-order valence-electron chi connectivity index (χ2n) is 4.10. The van der Waals surface area contributed by atoms with E-state index in [4.69, 9.17) is 5.73 Å². The number of rotatable bonds is 5. The molecule has 2 rings (SSSR count). The van der Waals surface area contributed by atoms with Gasteiger partial charge in [-0.3, -0.25) is 4.98 Å². The molecule has 0 amide bonds. The first-order chi connectivity index (χ1) is 8.83. The van der Waals surface area contributed by atoms with Crippen LogP contribution < -0.4 is 10.6 Å². The van der Waals surface area contributed by atoms with Gasteiger partial charge in [0.05, 0.1) is 0 Å². The lowest BCUT2D eigenvalue weighted by Crippen LogP contribution is -2.23. The SMILES string of the molecule is CCN(Cc1ccncc1)c1cc(CN)ccn1. The van der Waals surface area contributed by atoms with Gasteiger partial charge in [0.25, 0.3) is 0 Å². The highest BCUT2D eigenvalue weighted by Gasteiger charge is 2.07. The van der Waals surface area contributed by atoms with Crippen molar-refractivity contribution in [3.63, 3.8) is 0 Å². The van der Waals surface area contributed by atoms with Crippen molar-refractivity contribution in [1.82, 2.24) is 9.97 Å². The summed E-state index contributed by atoms with van der Waals surface area (Å²) in [6.07, 6.45) is 5.44. The number of pyridine rings is 2. The molecule has 2 heterocycles. The van der Waals surface area contributed by atoms with Gasteiger partial charge in [-0.1, -0.05) is 0 Å². The summed E-state index contributed by atoms with van der Waals surface area (Å²) in [4.78, 5) is 10.7. The molecule has 2 aromatic rings. The zero-order chi connectivity index (χ0) is 12.8. The second-order valence-corrected chi connectivity index (χ2v) is 4.10. The van der Waals surface area contributed by atoms with Crippen molar-refractivity contribution >= 4 is 5.82 Å². The summed E-state index contributed by atoms with van der Waals surface area (Å²) < 4.78 is 0. The van der Waals surface area contributed by atoms with E-state index < -0.39 is 0 Å². The number of anilines is 1. The Morgan fingerprint density at radius 1 is 1.11 bits per heavy atom. The lowest BCUT2D eigenvalue weighted by atomic mass is 10.2. The molecule has 0 atom stereocenters. The van der Waals surface area contributed by atoms with E-state index >= 15 is 0 Å². The van der Waals surface area contributed by atoms with Crippen LogP contribution in [0.1, 0.15) is 18.1 Å². The maximum atomic E-state index is 5.66. The van der Waals surface area contributed by atoms with Gasteiger partial charge in [0.2, 0.25) is 0 Å². The van der Waals surface area contributed by atoms with E-state index in [9.17, 15) is 0 Å². The molecule has 0 radical (unpaired) electrons. The van der Waals surface area contributed by atoms with Crippen molar-refractivity contribution in [3.05, 3.63) is 54.0 Å². The number of nitrogens with zero attached hydrogens (tertiary/aromatic N) is 3. The maximum absolute atomic E-state index is 5.66. The van der Waals surface area contributed by atoms with Crippen LogP contribution in [0.3, 0.4) is 0 Å². The monoisotopic (exact) mass is 242 g/mol. The summed E-state index contributed by atoms with van der Waals surface area (Å²) in [6.45, 7) is 4.41. The highest BCUT2D eigenvalue weighted by atomic mass is 15.2. The molecular weight excluding hydrogens is 224 g/mol. The van der Waals surface area contributed by atoms with Crippen LogP contribution in [0, 0.1) is 0 Å². The third-order valence-electron chi connectivity index (χ3n) is 2.87. The number of hydrogen-bond donors (Lipinski definition) is 1. The fourth-order valence-electron chi connectivity index (χ4n) is 1.82. The van der Waals surface area contributed by atoms with E-state index in [-0.39, 0.29) is 0 Å². The predicted molar refractivity (Wildman–Crippen MR) is 73.1 cm³/mol. The van der Waals surface area contributed by atoms with Gasteiger partial charge in [-0.15, -0.1) is 0 Å². The summed E-state index contributed by atoms with van der Waals surface area (Å²) in [7, 11) is 0. The lowest BCUT2D eigenvalue weighted by molar-refractivity contribution is 0.810. The van der Waals surface area contributed by atoms with Gasteiger partial charge >= 0.3 is 0 Å². The molecule has 0 unspecified atom stereocenters. The molecule has 0 saturated heterocycles. The standard InChI is InChI=1S/C14H18N4/c1-2-18(11-12-3-6-16-7-4-12)14-9-13(10-15)5-8-17-14/h3-9H,2,10-11,15H2,1H3. The normalized spacial score (nSPS) is 10.3. The maximum Gasteiger partial charge on any atom is 0.129 e. The van der Waals surface area contributed by atoms with E-state index in [2.05, 4.69) is 21.8 Å². The highest BCUT2D eigenvalue weighted by molar-refractivity contribution is 5.41. The highest BCUT2D eigenvalue weighted by Crippen LogP contribution is 2.15. The van der Waals surface area contributed by atoms with Gasteiger partial charge in [0.15, 0.2) is 0 Å². The first-order valence-electron chi connectivity index (χ1n) is 6.12. The van der Waals surface area contributed by atoms with E-state index in [1.54, 1.807) is 0 Å². The van der Waals surface area contributed by atoms with Crippen LogP contribution in [0.2, 0.25) is 0 Å². The van der Waals surface area contributed by atoms with Gasteiger partial charge in [-0.05, 0) is 42.3 Å². The summed E-state index contributed by atoms with van der Waals surface area (Å²) in [6, 6.07) is 8.04. The van der Waals surface area contributed by atoms with E-state index in [1.165, 1.54) is 5.56 Å². The minimum atomic E-state index is 0.544. The Hall–Kier alpha value is -1.94. The Morgan fingerprint density at radius 2 is 1.83 bits per heavy atom. The molecule has 18 heavy (non-hydrogen) atoms. The van der Waals surface area contributed by atoms with E-state index in [0.717, 1.165) is 24.5 Å². The van der Waals surface area contributed by atoms with Crippen LogP contribution in [-0.4, -0.2) is 16.5 Å². The third kappa shape index (κ3) is 3.05. The molecule has 0 aliphatic rings. The van der Waals surface area contributed by atoms with E-state index in [0.29, 0.717) is 6.54 Å². The Kier molecular flexibility index (Phi) is 4.25. The first-order valence-corrected chi connectivity index (χ1v) is 6.12. The molecule has 0 aliphatic carbocycles. The Balaban J connectivity index is 2.17. The van der Waals surface area contributed by atoms with Crippen LogP contribution >= 0.6 is 0 Å². The van der Waals surface area contributed by atoms with Gasteiger partial charge in [0.1, 0.15) is 5.82 Å². The molecule has 0 spiro atoms. The molecule has 0 fully saturated rings. The molecule has 2 aromatic heterocycles. The van der Waals surface area contributed by atoms with Crippen molar-refractivity contribution in [2.24, 2.45) is 5.73 Å². The lowest BCUT2D eigenvalue weighted by Gasteiger charge is -2.22. The number of aromatic nitrogens is 2. The molecule has 0 bridgehead atoms. The minimum absolute atomic E-state index is 0.544. The minimum Gasteiger partial charge on any atom is -0.353 e. The average molecular weight is 242 g/mol. The fraction of sp³-hybridized carbons (Fsp3) is 0.286. The predicted octanol–water partition coefficient (Wildman–Crippen LogP) is 1.96. The average Bonchev–Trinajstić information content (AvgIpc) is 2.46. The van der Waals surface area contributed by atoms with Gasteiger partial charge in [-0.25, -0.2) is 4.98 Å². The van der Waals surface area contributed by atoms with Crippen molar-refractivity contribution in [2.45, 2.75) is 20.0 Å². The zero-order valence-electron chi connectivity index (χ0n) is 10.6. The molecule has 0 aromatic carbocycles. The molecular formula is C14H18N4. The van der Waals surface area contributed by atoms with Crippen LogP contribution in [0.15, 0.2) is 42.9 Å². The fourth-order valence-corrected chi connectivity index (χ4v) is 1.82. The van der Waals surface area contributed by atoms with Crippen LogP contribution in [-0.2, 0) is 13.1 Å². The number of nitrogens with two attached hydrogens (primary N) is 1. The molecule has 2 N–H and O–H groups in total. The van der Waals surface area contributed by atoms with Gasteiger partial charge < -0.3 is 10.6 Å². The summed E-state index contributed by atoms with van der Waals surface area (Å²) >= 11 is 0. The summed E-state index contributed by atoms with van der Waals surface area (Å²) in [5, 5.41) is 0. The van der Waals surface area contributed by atoms with Gasteiger partial charge in [-0.2, -0.15) is 0 Å².